The summed E-state index contributed by atoms with van der Waals surface area (Å²) in [4.78, 5) is 11.9. The van der Waals surface area contributed by atoms with Crippen molar-refractivity contribution < 1.29 is 13.2 Å². The van der Waals surface area contributed by atoms with Crippen molar-refractivity contribution in [2.24, 2.45) is 0 Å². The molecule has 0 saturated heterocycles. The normalized spacial score (nSPS) is 14.2. The Balaban J connectivity index is 2.08. The Morgan fingerprint density at radius 3 is 2.71 bits per heavy atom. The number of para-hydroxylation sites is 1. The zero-order chi connectivity index (χ0) is 17.3. The predicted molar refractivity (Wildman–Crippen MR) is 94.1 cm³/mol. The highest BCUT2D eigenvalue weighted by molar-refractivity contribution is 7.92. The lowest BCUT2D eigenvalue weighted by molar-refractivity contribution is 0.0963. The molecule has 1 aliphatic rings. The molecule has 1 aliphatic heterocycles. The molecule has 0 bridgehead atoms. The Bertz CT molecular complexity index is 896. The number of nitrogens with one attached hydrogen (secondary N) is 1. The van der Waals surface area contributed by atoms with Crippen molar-refractivity contribution in [1.82, 2.24) is 5.32 Å². The van der Waals surface area contributed by atoms with Gasteiger partial charge in [-0.25, -0.2) is 8.42 Å². The van der Waals surface area contributed by atoms with E-state index in [2.05, 4.69) is 5.32 Å². The number of nitrogens with zero attached hydrogens (tertiary/aromatic N) is 1. The Kier molecular flexibility index (Phi) is 4.51. The summed E-state index contributed by atoms with van der Waals surface area (Å²) in [5.74, 6) is -0.420. The van der Waals surface area contributed by atoms with E-state index in [0.717, 1.165) is 18.4 Å². The average molecular weight is 365 g/mol. The molecule has 0 aromatic heterocycles. The number of anilines is 1. The lowest BCUT2D eigenvalue weighted by atomic mass is 10.0. The SMILES string of the molecule is CNC(=O)c1cc(S(=O)(=O)N2CCCc3ccccc32)ccc1Cl. The second kappa shape index (κ2) is 6.45. The molecule has 0 fully saturated rings. The number of benzene rings is 2. The fourth-order valence-electron chi connectivity index (χ4n) is 2.85. The summed E-state index contributed by atoms with van der Waals surface area (Å²) in [5, 5.41) is 2.68. The van der Waals surface area contributed by atoms with Crippen LogP contribution >= 0.6 is 11.6 Å². The Morgan fingerprint density at radius 2 is 1.96 bits per heavy atom. The number of sulfonamides is 1. The van der Waals surface area contributed by atoms with Gasteiger partial charge in [-0.05, 0) is 42.7 Å². The maximum Gasteiger partial charge on any atom is 0.264 e. The fourth-order valence-corrected chi connectivity index (χ4v) is 4.62. The van der Waals surface area contributed by atoms with Crippen molar-refractivity contribution in [2.45, 2.75) is 17.7 Å². The molecule has 0 radical (unpaired) electrons. The van der Waals surface area contributed by atoms with Gasteiger partial charge in [0.15, 0.2) is 0 Å². The molecule has 2 aromatic rings. The van der Waals surface area contributed by atoms with Gasteiger partial charge in [-0.15, -0.1) is 0 Å². The predicted octanol–water partition coefficient (Wildman–Crippen LogP) is 2.84. The van der Waals surface area contributed by atoms with Crippen LogP contribution in [0, 0.1) is 0 Å². The molecule has 0 spiro atoms. The van der Waals surface area contributed by atoms with Gasteiger partial charge >= 0.3 is 0 Å². The number of aryl methyl sites for hydroxylation is 1. The van der Waals surface area contributed by atoms with Crippen molar-refractivity contribution in [3.8, 4) is 0 Å². The zero-order valence-electron chi connectivity index (χ0n) is 13.1. The van der Waals surface area contributed by atoms with E-state index < -0.39 is 15.9 Å². The summed E-state index contributed by atoms with van der Waals surface area (Å²) < 4.78 is 27.6. The number of hydrogen-bond donors (Lipinski definition) is 1. The molecule has 5 nitrogen and oxygen atoms in total. The fraction of sp³-hybridized carbons (Fsp3) is 0.235. The van der Waals surface area contributed by atoms with Crippen LogP contribution in [0.5, 0.6) is 0 Å². The summed E-state index contributed by atoms with van der Waals surface area (Å²) in [6.45, 7) is 0.414. The highest BCUT2D eigenvalue weighted by Crippen LogP contribution is 2.32. The van der Waals surface area contributed by atoms with E-state index in [1.165, 1.54) is 29.6 Å². The lowest BCUT2D eigenvalue weighted by Gasteiger charge is -2.30. The van der Waals surface area contributed by atoms with Crippen LogP contribution in [0.4, 0.5) is 5.69 Å². The topological polar surface area (TPSA) is 66.5 Å². The van der Waals surface area contributed by atoms with Gasteiger partial charge < -0.3 is 5.32 Å². The molecule has 1 amide bonds. The molecule has 0 atom stereocenters. The summed E-state index contributed by atoms with van der Waals surface area (Å²) in [7, 11) is -2.29. The molecule has 7 heteroatoms. The van der Waals surface area contributed by atoms with E-state index in [4.69, 9.17) is 11.6 Å². The molecule has 1 heterocycles. The molecular weight excluding hydrogens is 348 g/mol. The first-order valence-corrected chi connectivity index (χ1v) is 9.39. The monoisotopic (exact) mass is 364 g/mol. The highest BCUT2D eigenvalue weighted by Gasteiger charge is 2.29. The number of rotatable bonds is 3. The van der Waals surface area contributed by atoms with Crippen LogP contribution < -0.4 is 9.62 Å². The number of halogens is 1. The van der Waals surface area contributed by atoms with Crippen molar-refractivity contribution in [2.75, 3.05) is 17.9 Å². The van der Waals surface area contributed by atoms with Crippen molar-refractivity contribution in [3.05, 3.63) is 58.6 Å². The number of fused-ring (bicyclic) bond motifs is 1. The van der Waals surface area contributed by atoms with Crippen LogP contribution in [0.2, 0.25) is 5.02 Å². The molecule has 1 N–H and O–H groups in total. The van der Waals surface area contributed by atoms with E-state index in [0.29, 0.717) is 12.2 Å². The summed E-state index contributed by atoms with van der Waals surface area (Å²) in [5.41, 5.74) is 1.85. The van der Waals surface area contributed by atoms with Crippen LogP contribution in [0.25, 0.3) is 0 Å². The largest absolute Gasteiger partial charge is 0.355 e. The van der Waals surface area contributed by atoms with E-state index >= 15 is 0 Å². The number of hydrogen-bond acceptors (Lipinski definition) is 3. The van der Waals surface area contributed by atoms with Gasteiger partial charge in [-0.1, -0.05) is 29.8 Å². The summed E-state index contributed by atoms with van der Waals surface area (Å²) >= 11 is 6.02. The smallest absolute Gasteiger partial charge is 0.264 e. The number of carbonyl (C=O) groups is 1. The molecule has 126 valence electrons. The maximum atomic E-state index is 13.1. The third kappa shape index (κ3) is 2.87. The van der Waals surface area contributed by atoms with E-state index in [-0.39, 0.29) is 15.5 Å². The first-order chi connectivity index (χ1) is 11.4. The molecule has 3 rings (SSSR count). The Labute approximate surface area is 146 Å². The molecule has 0 unspecified atom stereocenters. The summed E-state index contributed by atoms with van der Waals surface area (Å²) in [6, 6.07) is 11.7. The van der Waals surface area contributed by atoms with Crippen molar-refractivity contribution in [1.29, 1.82) is 0 Å². The minimum absolute atomic E-state index is 0.0576. The van der Waals surface area contributed by atoms with Crippen LogP contribution in [0.15, 0.2) is 47.4 Å². The van der Waals surface area contributed by atoms with Gasteiger partial charge in [-0.3, -0.25) is 9.10 Å². The highest BCUT2D eigenvalue weighted by atomic mass is 35.5. The van der Waals surface area contributed by atoms with Gasteiger partial charge in [-0.2, -0.15) is 0 Å². The summed E-state index contributed by atoms with van der Waals surface area (Å²) in [6.07, 6.45) is 1.61. The molecule has 0 saturated carbocycles. The lowest BCUT2D eigenvalue weighted by Crippen LogP contribution is -2.35. The first kappa shape index (κ1) is 16.8. The molecule has 2 aromatic carbocycles. The quantitative estimate of drug-likeness (QED) is 0.910. The molecule has 0 aliphatic carbocycles. The van der Waals surface area contributed by atoms with Crippen LogP contribution in [-0.4, -0.2) is 27.9 Å². The minimum atomic E-state index is -3.76. The van der Waals surface area contributed by atoms with Crippen LogP contribution in [-0.2, 0) is 16.4 Å². The van der Waals surface area contributed by atoms with Crippen LogP contribution in [0.1, 0.15) is 22.3 Å². The van der Waals surface area contributed by atoms with Gasteiger partial charge in [0.1, 0.15) is 0 Å². The number of amides is 1. The maximum absolute atomic E-state index is 13.1. The number of carbonyl (C=O) groups excluding carboxylic acids is 1. The molecule has 24 heavy (non-hydrogen) atoms. The van der Waals surface area contributed by atoms with E-state index in [1.807, 2.05) is 24.3 Å². The van der Waals surface area contributed by atoms with E-state index in [1.54, 1.807) is 0 Å². The minimum Gasteiger partial charge on any atom is -0.355 e. The second-order valence-corrected chi connectivity index (χ2v) is 7.80. The second-order valence-electron chi connectivity index (χ2n) is 5.53. The standard InChI is InChI=1S/C17H17ClN2O3S/c1-19-17(21)14-11-13(8-9-15(14)18)24(22,23)20-10-4-6-12-5-2-3-7-16(12)20/h2-3,5,7-9,11H,4,6,10H2,1H3,(H,19,21). The van der Waals surface area contributed by atoms with Crippen LogP contribution in [0.3, 0.4) is 0 Å². The van der Waals surface area contributed by atoms with Gasteiger partial charge in [0.2, 0.25) is 0 Å². The third-order valence-electron chi connectivity index (χ3n) is 4.07. The molecular formula is C17H17ClN2O3S. The Morgan fingerprint density at radius 1 is 1.21 bits per heavy atom. The van der Waals surface area contributed by atoms with Crippen molar-refractivity contribution in [3.63, 3.8) is 0 Å². The zero-order valence-corrected chi connectivity index (χ0v) is 14.7. The van der Waals surface area contributed by atoms with Gasteiger partial charge in [0.05, 0.1) is 21.2 Å². The van der Waals surface area contributed by atoms with E-state index in [9.17, 15) is 13.2 Å². The Hall–Kier alpha value is -2.05. The third-order valence-corrected chi connectivity index (χ3v) is 6.20. The van der Waals surface area contributed by atoms with Crippen molar-refractivity contribution >= 4 is 33.2 Å². The van der Waals surface area contributed by atoms with Gasteiger partial charge in [0.25, 0.3) is 15.9 Å². The van der Waals surface area contributed by atoms with Gasteiger partial charge in [0, 0.05) is 13.6 Å². The average Bonchev–Trinajstić information content (AvgIpc) is 2.60. The first-order valence-electron chi connectivity index (χ1n) is 7.57.